The molecule has 6 heteroatoms. The highest BCUT2D eigenvalue weighted by atomic mass is 16.4. The number of aliphatic hydroxyl groups is 3. The fraction of sp³-hybridized carbons (Fsp3) is 0.933. The molecule has 3 N–H and O–H groups in total. The van der Waals surface area contributed by atoms with Gasteiger partial charge in [0.1, 0.15) is 0 Å². The summed E-state index contributed by atoms with van der Waals surface area (Å²) < 4.78 is 0. The van der Waals surface area contributed by atoms with Crippen LogP contribution in [0.4, 0.5) is 0 Å². The van der Waals surface area contributed by atoms with E-state index < -0.39 is 35.2 Å². The summed E-state index contributed by atoms with van der Waals surface area (Å²) in [4.78, 5) is 40.7. The van der Waals surface area contributed by atoms with Crippen molar-refractivity contribution in [2.45, 2.75) is 263 Å². The Morgan fingerprint density at radius 3 is 0.745 bits per heavy atom. The normalized spacial score (nSPS) is 13.1. The third-order valence-corrected chi connectivity index (χ3v) is 11.1. The molecule has 0 aliphatic rings. The average molecular weight is 723 g/mol. The van der Waals surface area contributed by atoms with Gasteiger partial charge < -0.3 is 15.3 Å². The van der Waals surface area contributed by atoms with Crippen molar-refractivity contribution >= 4 is 17.3 Å². The molecule has 51 heavy (non-hydrogen) atoms. The Balaban J connectivity index is 5.03. The summed E-state index contributed by atoms with van der Waals surface area (Å²) in [7, 11) is 0. The molecule has 0 aliphatic heterocycles. The summed E-state index contributed by atoms with van der Waals surface area (Å²) in [5.41, 5.74) is -5.72. The standard InChI is InChI=1S/C45H86O6/c1-4-7-10-13-16-19-22-25-28-31-34-37-41(47)44(50,40-46)45(51,42(48)38-35-32-29-26-23-20-17-14-11-8-5-2)43(49)39-36-33-30-27-24-21-18-15-12-9-6-3/h46,50-51H,4-40H2,1-3H3/t44-/m1/s1. The van der Waals surface area contributed by atoms with Gasteiger partial charge in [-0.15, -0.1) is 0 Å². The van der Waals surface area contributed by atoms with E-state index in [2.05, 4.69) is 20.8 Å². The lowest BCUT2D eigenvalue weighted by molar-refractivity contribution is -0.194. The van der Waals surface area contributed by atoms with Crippen molar-refractivity contribution in [3.8, 4) is 0 Å². The molecule has 0 heterocycles. The van der Waals surface area contributed by atoms with Crippen molar-refractivity contribution in [2.24, 2.45) is 0 Å². The molecular weight excluding hydrogens is 636 g/mol. The Morgan fingerprint density at radius 2 is 0.529 bits per heavy atom. The number of hydrogen-bond donors (Lipinski definition) is 3. The quantitative estimate of drug-likeness (QED) is 0.0428. The zero-order valence-corrected chi connectivity index (χ0v) is 34.2. The molecule has 0 radical (unpaired) electrons. The lowest BCUT2D eigenvalue weighted by Gasteiger charge is -2.39. The van der Waals surface area contributed by atoms with Gasteiger partial charge in [0, 0.05) is 19.3 Å². The maximum atomic E-state index is 13.6. The predicted molar refractivity (Wildman–Crippen MR) is 215 cm³/mol. The maximum Gasteiger partial charge on any atom is 0.219 e. The monoisotopic (exact) mass is 723 g/mol. The summed E-state index contributed by atoms with van der Waals surface area (Å²) >= 11 is 0. The van der Waals surface area contributed by atoms with E-state index in [0.717, 1.165) is 57.8 Å². The molecule has 1 atom stereocenters. The van der Waals surface area contributed by atoms with E-state index in [4.69, 9.17) is 0 Å². The number of hydrogen-bond acceptors (Lipinski definition) is 6. The first-order valence-corrected chi connectivity index (χ1v) is 22.4. The summed E-state index contributed by atoms with van der Waals surface area (Å²) in [5, 5.41) is 33.7. The first-order chi connectivity index (χ1) is 24.8. The van der Waals surface area contributed by atoms with E-state index in [1.807, 2.05) is 0 Å². The minimum Gasteiger partial charge on any atom is -0.393 e. The van der Waals surface area contributed by atoms with Crippen molar-refractivity contribution in [3.63, 3.8) is 0 Å². The minimum atomic E-state index is -2.91. The van der Waals surface area contributed by atoms with E-state index in [1.54, 1.807) is 0 Å². The van der Waals surface area contributed by atoms with Gasteiger partial charge in [-0.3, -0.25) is 14.4 Å². The van der Waals surface area contributed by atoms with Gasteiger partial charge in [-0.1, -0.05) is 213 Å². The van der Waals surface area contributed by atoms with E-state index in [1.165, 1.54) is 135 Å². The van der Waals surface area contributed by atoms with Gasteiger partial charge in [0.15, 0.2) is 23.0 Å². The number of unbranched alkanes of at least 4 members (excludes halogenated alkanes) is 30. The maximum absolute atomic E-state index is 13.6. The van der Waals surface area contributed by atoms with Gasteiger partial charge in [0.05, 0.1) is 6.61 Å². The van der Waals surface area contributed by atoms with Crippen molar-refractivity contribution < 1.29 is 29.7 Å². The molecule has 6 nitrogen and oxygen atoms in total. The average Bonchev–Trinajstić information content (AvgIpc) is 3.13. The zero-order valence-electron chi connectivity index (χ0n) is 34.2. The van der Waals surface area contributed by atoms with Crippen molar-refractivity contribution in [3.05, 3.63) is 0 Å². The van der Waals surface area contributed by atoms with E-state index in [9.17, 15) is 29.7 Å². The molecule has 0 fully saturated rings. The topological polar surface area (TPSA) is 112 Å². The fourth-order valence-electron chi connectivity index (χ4n) is 7.44. The van der Waals surface area contributed by atoms with Gasteiger partial charge >= 0.3 is 0 Å². The second-order valence-corrected chi connectivity index (χ2v) is 15.9. The highest BCUT2D eigenvalue weighted by molar-refractivity contribution is 6.16. The molecule has 0 saturated carbocycles. The number of carbonyl (C=O) groups is 3. The van der Waals surface area contributed by atoms with Crippen molar-refractivity contribution in [1.29, 1.82) is 0 Å². The summed E-state index contributed by atoms with van der Waals surface area (Å²) in [6, 6.07) is 0. The molecule has 0 aliphatic carbocycles. The second-order valence-electron chi connectivity index (χ2n) is 15.9. The van der Waals surface area contributed by atoms with E-state index in [-0.39, 0.29) is 19.3 Å². The van der Waals surface area contributed by atoms with Gasteiger partial charge in [-0.05, 0) is 19.3 Å². The molecule has 0 spiro atoms. The Bertz CT molecular complexity index is 788. The van der Waals surface area contributed by atoms with Crippen LogP contribution < -0.4 is 0 Å². The van der Waals surface area contributed by atoms with E-state index in [0.29, 0.717) is 19.3 Å². The van der Waals surface area contributed by atoms with E-state index >= 15 is 0 Å². The van der Waals surface area contributed by atoms with Gasteiger partial charge in [0.25, 0.3) is 0 Å². The molecule has 302 valence electrons. The number of aliphatic hydroxyl groups excluding tert-OH is 1. The molecule has 0 rings (SSSR count). The number of rotatable bonds is 41. The van der Waals surface area contributed by atoms with Crippen LogP contribution in [0.1, 0.15) is 252 Å². The van der Waals surface area contributed by atoms with Crippen LogP contribution >= 0.6 is 0 Å². The van der Waals surface area contributed by atoms with Gasteiger partial charge in [-0.2, -0.15) is 0 Å². The smallest absolute Gasteiger partial charge is 0.219 e. The van der Waals surface area contributed by atoms with Crippen LogP contribution in [-0.2, 0) is 14.4 Å². The molecule has 0 unspecified atom stereocenters. The zero-order chi connectivity index (χ0) is 37.9. The fourth-order valence-corrected chi connectivity index (χ4v) is 7.44. The first-order valence-electron chi connectivity index (χ1n) is 22.4. The number of ketones is 3. The van der Waals surface area contributed by atoms with Gasteiger partial charge in [0.2, 0.25) is 5.60 Å². The Hall–Kier alpha value is -1.11. The van der Waals surface area contributed by atoms with Crippen LogP contribution in [0.2, 0.25) is 0 Å². The van der Waals surface area contributed by atoms with Crippen LogP contribution in [0.25, 0.3) is 0 Å². The summed E-state index contributed by atoms with van der Waals surface area (Å²) in [6.07, 6.45) is 36.2. The van der Waals surface area contributed by atoms with Crippen LogP contribution in [0.3, 0.4) is 0 Å². The molecule has 0 bridgehead atoms. The van der Waals surface area contributed by atoms with Crippen molar-refractivity contribution in [1.82, 2.24) is 0 Å². The lowest BCUT2D eigenvalue weighted by Crippen LogP contribution is -2.69. The SMILES string of the molecule is CCCCCCCCCCCCCC(=O)C(O)(C(=O)CCCCCCCCCCCCC)[C@@](O)(CO)C(=O)CCCCCCCCCCCCC. The van der Waals surface area contributed by atoms with Crippen LogP contribution in [0.5, 0.6) is 0 Å². The Labute approximate surface area is 316 Å². The van der Waals surface area contributed by atoms with Crippen LogP contribution in [-0.4, -0.2) is 50.5 Å². The molecule has 0 aromatic rings. The summed E-state index contributed by atoms with van der Waals surface area (Å²) in [5.74, 6) is -2.45. The first kappa shape index (κ1) is 49.9. The third-order valence-electron chi connectivity index (χ3n) is 11.1. The Kier molecular flexibility index (Phi) is 33.9. The van der Waals surface area contributed by atoms with Crippen LogP contribution in [0, 0.1) is 0 Å². The highest BCUT2D eigenvalue weighted by Gasteiger charge is 2.62. The minimum absolute atomic E-state index is 0.0756. The predicted octanol–water partition coefficient (Wildman–Crippen LogP) is 12.3. The number of Topliss-reactive ketones (excluding diaryl/α,β-unsaturated/α-hetero) is 3. The highest BCUT2D eigenvalue weighted by Crippen LogP contribution is 2.32. The largest absolute Gasteiger partial charge is 0.393 e. The number of carbonyl (C=O) groups excluding carboxylic acids is 3. The lowest BCUT2D eigenvalue weighted by atomic mass is 9.71. The molecule has 0 aromatic heterocycles. The molecular formula is C45H86O6. The van der Waals surface area contributed by atoms with Gasteiger partial charge in [-0.25, -0.2) is 0 Å². The molecule has 0 amide bonds. The third kappa shape index (κ3) is 23.3. The molecule has 0 saturated heterocycles. The van der Waals surface area contributed by atoms with Crippen LogP contribution in [0.15, 0.2) is 0 Å². The Morgan fingerprint density at radius 1 is 0.333 bits per heavy atom. The van der Waals surface area contributed by atoms with Crippen molar-refractivity contribution in [2.75, 3.05) is 6.61 Å². The second kappa shape index (κ2) is 34.6. The molecule has 0 aromatic carbocycles. The summed E-state index contributed by atoms with van der Waals surface area (Å²) in [6.45, 7) is 5.53.